The van der Waals surface area contributed by atoms with Crippen LogP contribution in [0.2, 0.25) is 0 Å². The van der Waals surface area contributed by atoms with E-state index in [4.69, 9.17) is 4.42 Å². The number of nitrogens with one attached hydrogen (secondary N) is 1. The average Bonchev–Trinajstić information content (AvgIpc) is 3.22. The Bertz CT molecular complexity index is 771. The van der Waals surface area contributed by atoms with Crippen LogP contribution in [-0.2, 0) is 11.3 Å². The largest absolute Gasteiger partial charge is 0.461 e. The number of aromatic nitrogens is 4. The second-order valence-corrected chi connectivity index (χ2v) is 5.52. The Morgan fingerprint density at radius 1 is 1.30 bits per heavy atom. The van der Waals surface area contributed by atoms with Crippen molar-refractivity contribution in [1.29, 1.82) is 0 Å². The summed E-state index contributed by atoms with van der Waals surface area (Å²) in [5, 5.41) is 11.7. The van der Waals surface area contributed by atoms with E-state index in [2.05, 4.69) is 20.5 Å². The average molecular weight is 329 g/mol. The maximum absolute atomic E-state index is 12.0. The van der Waals surface area contributed by atoms with E-state index in [0.29, 0.717) is 29.1 Å². The van der Waals surface area contributed by atoms with Gasteiger partial charge < -0.3 is 9.73 Å². The third-order valence-electron chi connectivity index (χ3n) is 3.04. The van der Waals surface area contributed by atoms with Crippen LogP contribution in [0.3, 0.4) is 0 Å². The Kier molecular flexibility index (Phi) is 4.72. The van der Waals surface area contributed by atoms with Crippen LogP contribution in [0.15, 0.2) is 52.4 Å². The van der Waals surface area contributed by atoms with Crippen molar-refractivity contribution in [2.45, 2.75) is 18.6 Å². The second-order valence-electron chi connectivity index (χ2n) is 4.58. The van der Waals surface area contributed by atoms with Crippen molar-refractivity contribution in [3.63, 3.8) is 0 Å². The minimum atomic E-state index is -0.140. The van der Waals surface area contributed by atoms with Gasteiger partial charge in [0, 0.05) is 12.7 Å². The summed E-state index contributed by atoms with van der Waals surface area (Å²) < 4.78 is 7.27. The predicted molar refractivity (Wildman–Crippen MR) is 87.0 cm³/mol. The summed E-state index contributed by atoms with van der Waals surface area (Å²) >= 11 is 1.32. The quantitative estimate of drug-likeness (QED) is 0.700. The van der Waals surface area contributed by atoms with Gasteiger partial charge in [-0.15, -0.1) is 10.2 Å². The number of thioether (sulfide) groups is 1. The highest BCUT2D eigenvalue weighted by Crippen LogP contribution is 2.24. The number of carbonyl (C=O) groups excluding carboxylic acids is 1. The minimum absolute atomic E-state index is 0.140. The molecule has 8 heteroatoms. The van der Waals surface area contributed by atoms with Gasteiger partial charge in [-0.2, -0.15) is 0 Å². The zero-order valence-corrected chi connectivity index (χ0v) is 13.3. The molecule has 1 N–H and O–H groups in total. The van der Waals surface area contributed by atoms with Crippen molar-refractivity contribution < 1.29 is 9.21 Å². The number of furan rings is 1. The molecule has 7 nitrogen and oxygen atoms in total. The van der Waals surface area contributed by atoms with Gasteiger partial charge in [0.05, 0.1) is 12.0 Å². The Balaban J connectivity index is 1.65. The zero-order chi connectivity index (χ0) is 16.1. The zero-order valence-electron chi connectivity index (χ0n) is 12.5. The number of rotatable bonds is 6. The van der Waals surface area contributed by atoms with Crippen LogP contribution < -0.4 is 5.32 Å². The highest BCUT2D eigenvalue weighted by Gasteiger charge is 2.16. The lowest BCUT2D eigenvalue weighted by Crippen LogP contribution is -2.15. The van der Waals surface area contributed by atoms with Crippen molar-refractivity contribution >= 4 is 23.5 Å². The summed E-state index contributed by atoms with van der Waals surface area (Å²) in [6, 6.07) is 8.99. The normalized spacial score (nSPS) is 10.7. The summed E-state index contributed by atoms with van der Waals surface area (Å²) in [6.07, 6.45) is 3.23. The van der Waals surface area contributed by atoms with Crippen LogP contribution in [0.25, 0.3) is 11.6 Å². The van der Waals surface area contributed by atoms with Crippen LogP contribution >= 0.6 is 11.8 Å². The van der Waals surface area contributed by atoms with E-state index in [1.165, 1.54) is 11.8 Å². The Morgan fingerprint density at radius 3 is 2.91 bits per heavy atom. The Morgan fingerprint density at radius 2 is 2.22 bits per heavy atom. The Hall–Kier alpha value is -2.61. The van der Waals surface area contributed by atoms with E-state index >= 15 is 0 Å². The number of nitrogens with zero attached hydrogens (tertiary/aromatic N) is 4. The lowest BCUT2D eigenvalue weighted by molar-refractivity contribution is -0.113. The molecule has 118 valence electrons. The smallest absolute Gasteiger partial charge is 0.236 e. The Labute approximate surface area is 137 Å². The number of hydrogen-bond donors (Lipinski definition) is 1. The van der Waals surface area contributed by atoms with Crippen LogP contribution in [0, 0.1) is 0 Å². The summed E-state index contributed by atoms with van der Waals surface area (Å²) in [7, 11) is 0. The predicted octanol–water partition coefficient (Wildman–Crippen LogP) is 2.68. The minimum Gasteiger partial charge on any atom is -0.461 e. The van der Waals surface area contributed by atoms with Crippen molar-refractivity contribution in [2.75, 3.05) is 11.1 Å². The van der Waals surface area contributed by atoms with Gasteiger partial charge in [0.25, 0.3) is 0 Å². The summed E-state index contributed by atoms with van der Waals surface area (Å²) in [5.74, 6) is 1.94. The van der Waals surface area contributed by atoms with Crippen LogP contribution in [0.1, 0.15) is 6.92 Å². The van der Waals surface area contributed by atoms with E-state index in [9.17, 15) is 4.79 Å². The maximum atomic E-state index is 12.0. The van der Waals surface area contributed by atoms with Crippen molar-refractivity contribution in [2.24, 2.45) is 0 Å². The second kappa shape index (κ2) is 7.10. The van der Waals surface area contributed by atoms with E-state index in [1.54, 1.807) is 30.7 Å². The maximum Gasteiger partial charge on any atom is 0.236 e. The van der Waals surface area contributed by atoms with Gasteiger partial charge in [-0.25, -0.2) is 4.98 Å². The molecular weight excluding hydrogens is 314 g/mol. The van der Waals surface area contributed by atoms with Gasteiger partial charge in [0.15, 0.2) is 16.7 Å². The molecule has 0 spiro atoms. The van der Waals surface area contributed by atoms with Gasteiger partial charge >= 0.3 is 0 Å². The molecule has 3 heterocycles. The highest BCUT2D eigenvalue weighted by molar-refractivity contribution is 7.99. The third-order valence-corrected chi connectivity index (χ3v) is 4.01. The third kappa shape index (κ3) is 3.59. The molecule has 0 aliphatic rings. The monoisotopic (exact) mass is 329 g/mol. The topological polar surface area (TPSA) is 85.8 Å². The van der Waals surface area contributed by atoms with Gasteiger partial charge in [-0.05, 0) is 31.2 Å². The van der Waals surface area contributed by atoms with Crippen molar-refractivity contribution in [3.8, 4) is 11.6 Å². The van der Waals surface area contributed by atoms with Gasteiger partial charge in [0.1, 0.15) is 5.82 Å². The lowest BCUT2D eigenvalue weighted by atomic mass is 10.4. The fraction of sp³-hybridized carbons (Fsp3) is 0.200. The molecule has 3 aromatic heterocycles. The molecular formula is C15H15N5O2S. The molecule has 3 aromatic rings. The molecule has 0 radical (unpaired) electrons. The summed E-state index contributed by atoms with van der Waals surface area (Å²) in [4.78, 5) is 16.0. The fourth-order valence-corrected chi connectivity index (χ4v) is 2.82. The van der Waals surface area contributed by atoms with E-state index < -0.39 is 0 Å². The molecule has 0 saturated carbocycles. The molecule has 0 aliphatic heterocycles. The first kappa shape index (κ1) is 15.3. The molecule has 0 aromatic carbocycles. The van der Waals surface area contributed by atoms with Crippen molar-refractivity contribution in [1.82, 2.24) is 19.7 Å². The van der Waals surface area contributed by atoms with Gasteiger partial charge in [0.2, 0.25) is 5.91 Å². The van der Waals surface area contributed by atoms with E-state index in [0.717, 1.165) is 0 Å². The molecule has 0 fully saturated rings. The SMILES string of the molecule is CCn1c(SCC(=O)Nc2ccccn2)nnc1-c1ccco1. The standard InChI is InChI=1S/C15H15N5O2S/c1-2-20-14(11-6-5-9-22-11)18-19-15(20)23-10-13(21)17-12-7-3-4-8-16-12/h3-9H,2,10H2,1H3,(H,16,17,21). The molecule has 0 atom stereocenters. The van der Waals surface area contributed by atoms with E-state index in [-0.39, 0.29) is 11.7 Å². The summed E-state index contributed by atoms with van der Waals surface area (Å²) in [6.45, 7) is 2.68. The molecule has 1 amide bonds. The highest BCUT2D eigenvalue weighted by atomic mass is 32.2. The summed E-state index contributed by atoms with van der Waals surface area (Å²) in [5.41, 5.74) is 0. The number of hydrogen-bond acceptors (Lipinski definition) is 6. The molecule has 0 bridgehead atoms. The number of pyridine rings is 1. The number of anilines is 1. The molecule has 0 unspecified atom stereocenters. The van der Waals surface area contributed by atoms with Gasteiger partial charge in [-0.3, -0.25) is 9.36 Å². The van der Waals surface area contributed by atoms with Crippen LogP contribution in [-0.4, -0.2) is 31.4 Å². The molecule has 3 rings (SSSR count). The van der Waals surface area contributed by atoms with E-state index in [1.807, 2.05) is 23.6 Å². The first-order chi connectivity index (χ1) is 11.3. The fourth-order valence-electron chi connectivity index (χ4n) is 2.01. The lowest BCUT2D eigenvalue weighted by Gasteiger charge is -2.06. The molecule has 0 saturated heterocycles. The molecule has 23 heavy (non-hydrogen) atoms. The number of carbonyl (C=O) groups is 1. The first-order valence-electron chi connectivity index (χ1n) is 7.08. The molecule has 0 aliphatic carbocycles. The number of amides is 1. The van der Waals surface area contributed by atoms with Crippen molar-refractivity contribution in [3.05, 3.63) is 42.8 Å². The van der Waals surface area contributed by atoms with Gasteiger partial charge in [-0.1, -0.05) is 17.8 Å². The van der Waals surface area contributed by atoms with Crippen LogP contribution in [0.5, 0.6) is 0 Å². The van der Waals surface area contributed by atoms with Crippen LogP contribution in [0.4, 0.5) is 5.82 Å². The first-order valence-corrected chi connectivity index (χ1v) is 8.07.